The average molecular weight is 416 g/mol. The summed E-state index contributed by atoms with van der Waals surface area (Å²) in [7, 11) is 0. The van der Waals surface area contributed by atoms with E-state index in [2.05, 4.69) is 82.0 Å². The Morgan fingerprint density at radius 3 is 2.32 bits per heavy atom. The van der Waals surface area contributed by atoms with Crippen molar-refractivity contribution in [3.8, 4) is 6.07 Å². The van der Waals surface area contributed by atoms with Crippen LogP contribution in [0, 0.1) is 11.3 Å². The van der Waals surface area contributed by atoms with E-state index in [0.717, 1.165) is 62.9 Å². The molecule has 0 saturated carbocycles. The van der Waals surface area contributed by atoms with Gasteiger partial charge in [0.1, 0.15) is 37.8 Å². The third-order valence-electron chi connectivity index (χ3n) is 5.82. The second kappa shape index (κ2) is 10.1. The summed E-state index contributed by atoms with van der Waals surface area (Å²) in [5, 5.41) is 16.9. The largest absolute Gasteiger partial charge is 0.355 e. The summed E-state index contributed by atoms with van der Waals surface area (Å²) in [5.41, 5.74) is 9.62. The van der Waals surface area contributed by atoms with E-state index in [1.807, 2.05) is 6.07 Å². The van der Waals surface area contributed by atoms with Gasteiger partial charge in [0.05, 0.1) is 18.7 Å². The van der Waals surface area contributed by atoms with Crippen molar-refractivity contribution in [3.05, 3.63) is 88.5 Å². The molecule has 31 heavy (non-hydrogen) atoms. The predicted octanol–water partition coefficient (Wildman–Crippen LogP) is 0.779. The van der Waals surface area contributed by atoms with Crippen LogP contribution in [0.4, 0.5) is 11.6 Å². The summed E-state index contributed by atoms with van der Waals surface area (Å²) in [6.45, 7) is 5.13. The van der Waals surface area contributed by atoms with E-state index < -0.39 is 0 Å². The van der Waals surface area contributed by atoms with Crippen LogP contribution in [0.1, 0.15) is 27.8 Å². The van der Waals surface area contributed by atoms with Crippen LogP contribution < -0.4 is 26.3 Å². The first-order chi connectivity index (χ1) is 15.3. The third-order valence-corrected chi connectivity index (χ3v) is 5.82. The monoisotopic (exact) mass is 415 g/mol. The zero-order valence-electron chi connectivity index (χ0n) is 17.9. The Balaban J connectivity index is 1.64. The highest BCUT2D eigenvalue weighted by molar-refractivity contribution is 5.60. The molecule has 3 aromatic rings. The number of hydrogen-bond donors (Lipinski definition) is 4. The highest BCUT2D eigenvalue weighted by Crippen LogP contribution is 2.26. The van der Waals surface area contributed by atoms with Gasteiger partial charge in [0.2, 0.25) is 11.6 Å². The molecule has 0 spiro atoms. The minimum Gasteiger partial charge on any atom is -0.355 e. The number of fused-ring (bicyclic) bond motifs is 1. The molecule has 0 bridgehead atoms. The van der Waals surface area contributed by atoms with Gasteiger partial charge in [-0.25, -0.2) is 4.98 Å². The molecule has 2 aromatic carbocycles. The fraction of sp³-hybridized carbons (Fsp3) is 0.280. The Kier molecular flexibility index (Phi) is 6.78. The first-order valence-electron chi connectivity index (χ1n) is 11.0. The second-order valence-corrected chi connectivity index (χ2v) is 8.03. The van der Waals surface area contributed by atoms with Crippen molar-refractivity contribution in [3.63, 3.8) is 0 Å². The molecule has 6 heteroatoms. The van der Waals surface area contributed by atoms with Crippen molar-refractivity contribution >= 4 is 11.6 Å². The second-order valence-electron chi connectivity index (χ2n) is 8.03. The van der Waals surface area contributed by atoms with Crippen LogP contribution in [-0.4, -0.2) is 19.6 Å². The van der Waals surface area contributed by atoms with E-state index >= 15 is 0 Å². The Morgan fingerprint density at radius 1 is 0.935 bits per heavy atom. The SMILES string of the molecule is N#Cc1c(NCC[NH3+])[nH+]c(NCc2ccccc2)c2c1CC[NH+](Cc1ccccc1)C2. The first-order valence-corrected chi connectivity index (χ1v) is 11.0. The first kappa shape index (κ1) is 20.9. The standard InChI is InChI=1S/C25H28N6/c26-12-13-28-24-22(15-27)21-11-14-31(17-20-9-5-2-6-10-20)18-23(21)25(30-24)29-16-19-7-3-1-4-8-19/h1-10H,11-14,16-18,26H2,(H2,28,29,30)/p+3. The maximum absolute atomic E-state index is 9.92. The van der Waals surface area contributed by atoms with Crippen molar-refractivity contribution < 1.29 is 15.6 Å². The summed E-state index contributed by atoms with van der Waals surface area (Å²) < 4.78 is 0. The number of pyridine rings is 1. The lowest BCUT2D eigenvalue weighted by molar-refractivity contribution is -0.929. The smallest absolute Gasteiger partial charge is 0.237 e. The van der Waals surface area contributed by atoms with E-state index in [9.17, 15) is 5.26 Å². The van der Waals surface area contributed by atoms with Crippen molar-refractivity contribution in [2.24, 2.45) is 0 Å². The average Bonchev–Trinajstić information content (AvgIpc) is 2.82. The number of H-pyrrole nitrogens is 1. The summed E-state index contributed by atoms with van der Waals surface area (Å²) in [6, 6.07) is 23.5. The zero-order valence-corrected chi connectivity index (χ0v) is 17.9. The minimum absolute atomic E-state index is 0.730. The van der Waals surface area contributed by atoms with Gasteiger partial charge in [-0.2, -0.15) is 5.26 Å². The van der Waals surface area contributed by atoms with Crippen LogP contribution in [0.25, 0.3) is 0 Å². The molecule has 1 aromatic heterocycles. The lowest BCUT2D eigenvalue weighted by atomic mass is 9.95. The topological polar surface area (TPSA) is 94.1 Å². The Bertz CT molecular complexity index is 1040. The fourth-order valence-corrected chi connectivity index (χ4v) is 4.27. The molecule has 7 N–H and O–H groups in total. The number of rotatable bonds is 8. The van der Waals surface area contributed by atoms with Gasteiger partial charge in [0.15, 0.2) is 0 Å². The number of aromatic nitrogens is 1. The summed E-state index contributed by atoms with van der Waals surface area (Å²) in [5.74, 6) is 1.81. The predicted molar refractivity (Wildman–Crippen MR) is 121 cm³/mol. The fourth-order valence-electron chi connectivity index (χ4n) is 4.27. The maximum atomic E-state index is 9.92. The van der Waals surface area contributed by atoms with E-state index in [1.165, 1.54) is 27.2 Å². The van der Waals surface area contributed by atoms with Crippen molar-refractivity contribution in [2.75, 3.05) is 30.3 Å². The number of nitriles is 1. The highest BCUT2D eigenvalue weighted by Gasteiger charge is 2.30. The number of nitrogens with zero attached hydrogens (tertiary/aromatic N) is 1. The Morgan fingerprint density at radius 2 is 1.65 bits per heavy atom. The Hall–Kier alpha value is -3.40. The number of benzene rings is 2. The number of nitrogens with one attached hydrogen (secondary N) is 4. The molecular weight excluding hydrogens is 384 g/mol. The zero-order chi connectivity index (χ0) is 21.5. The lowest BCUT2D eigenvalue weighted by Gasteiger charge is -2.27. The molecule has 0 aliphatic carbocycles. The summed E-state index contributed by atoms with van der Waals surface area (Å²) in [4.78, 5) is 5.01. The minimum atomic E-state index is 0.730. The molecular formula is C25H31N6+3. The van der Waals surface area contributed by atoms with Gasteiger partial charge in [-0.1, -0.05) is 60.7 Å². The molecule has 2 heterocycles. The van der Waals surface area contributed by atoms with Crippen LogP contribution >= 0.6 is 0 Å². The number of quaternary nitrogens is 2. The van der Waals surface area contributed by atoms with Gasteiger partial charge in [-0.3, -0.25) is 5.32 Å². The Labute approximate surface area is 183 Å². The molecule has 0 saturated heterocycles. The summed E-state index contributed by atoms with van der Waals surface area (Å²) in [6.07, 6.45) is 0.897. The molecule has 1 aliphatic rings. The van der Waals surface area contributed by atoms with Crippen LogP contribution in [-0.2, 0) is 26.1 Å². The van der Waals surface area contributed by atoms with Crippen molar-refractivity contribution in [2.45, 2.75) is 26.1 Å². The molecule has 1 atom stereocenters. The molecule has 0 radical (unpaired) electrons. The van der Waals surface area contributed by atoms with Gasteiger partial charge in [0.25, 0.3) is 0 Å². The van der Waals surface area contributed by atoms with Gasteiger partial charge < -0.3 is 16.0 Å². The number of aromatic amines is 1. The van der Waals surface area contributed by atoms with Crippen LogP contribution in [0.2, 0.25) is 0 Å². The molecule has 6 nitrogen and oxygen atoms in total. The molecule has 1 aliphatic heterocycles. The molecule has 158 valence electrons. The van der Waals surface area contributed by atoms with Crippen molar-refractivity contribution in [1.29, 1.82) is 5.26 Å². The molecule has 0 fully saturated rings. The van der Waals surface area contributed by atoms with Gasteiger partial charge in [-0.05, 0) is 11.1 Å². The van der Waals surface area contributed by atoms with Crippen LogP contribution in [0.15, 0.2) is 60.7 Å². The normalized spacial score (nSPS) is 15.0. The number of anilines is 2. The van der Waals surface area contributed by atoms with Gasteiger partial charge >= 0.3 is 0 Å². The van der Waals surface area contributed by atoms with Crippen LogP contribution in [0.5, 0.6) is 0 Å². The van der Waals surface area contributed by atoms with Gasteiger partial charge in [-0.15, -0.1) is 0 Å². The van der Waals surface area contributed by atoms with E-state index in [1.54, 1.807) is 0 Å². The summed E-state index contributed by atoms with van der Waals surface area (Å²) >= 11 is 0. The quantitative estimate of drug-likeness (QED) is 0.438. The van der Waals surface area contributed by atoms with Crippen LogP contribution in [0.3, 0.4) is 0 Å². The highest BCUT2D eigenvalue weighted by atomic mass is 15.1. The third kappa shape index (κ3) is 5.02. The van der Waals surface area contributed by atoms with E-state index in [-0.39, 0.29) is 0 Å². The van der Waals surface area contributed by atoms with Crippen molar-refractivity contribution in [1.82, 2.24) is 0 Å². The molecule has 0 amide bonds. The number of hydrogen-bond acceptors (Lipinski definition) is 3. The molecule has 1 unspecified atom stereocenters. The van der Waals surface area contributed by atoms with E-state index in [4.69, 9.17) is 0 Å². The molecule has 4 rings (SSSR count). The lowest BCUT2D eigenvalue weighted by Crippen LogP contribution is -3.10. The van der Waals surface area contributed by atoms with E-state index in [0.29, 0.717) is 0 Å². The maximum Gasteiger partial charge on any atom is 0.237 e. The van der Waals surface area contributed by atoms with Gasteiger partial charge in [0, 0.05) is 12.0 Å².